The van der Waals surface area contributed by atoms with Crippen LogP contribution in [0.4, 0.5) is 5.69 Å². The summed E-state index contributed by atoms with van der Waals surface area (Å²) in [4.78, 5) is 28.8. The van der Waals surface area contributed by atoms with Gasteiger partial charge in [0.15, 0.2) is 0 Å². The Hall–Kier alpha value is -2.20. The quantitative estimate of drug-likeness (QED) is 0.671. The smallest absolute Gasteiger partial charge is 0.250 e. The fraction of sp³-hybridized carbons (Fsp3) is 0.636. The number of methoxy groups -OCH3 is 1. The van der Waals surface area contributed by atoms with Gasteiger partial charge in [-0.1, -0.05) is 0 Å². The first-order valence-corrected chi connectivity index (χ1v) is 10.8. The fourth-order valence-electron chi connectivity index (χ4n) is 4.67. The molecular weight excluding hydrogens is 402 g/mol. The first-order valence-electron chi connectivity index (χ1n) is 10.8. The molecule has 0 aliphatic carbocycles. The highest BCUT2D eigenvalue weighted by molar-refractivity contribution is 5.92. The summed E-state index contributed by atoms with van der Waals surface area (Å²) in [5, 5.41) is 12.7. The molecule has 3 aliphatic rings. The Morgan fingerprint density at radius 3 is 2.74 bits per heavy atom. The van der Waals surface area contributed by atoms with Gasteiger partial charge in [-0.25, -0.2) is 0 Å². The Bertz CT molecular complexity index is 810. The third kappa shape index (κ3) is 4.85. The van der Waals surface area contributed by atoms with Crippen LogP contribution in [0.15, 0.2) is 18.2 Å². The molecule has 0 saturated carbocycles. The van der Waals surface area contributed by atoms with Gasteiger partial charge in [0.25, 0.3) is 0 Å². The molecule has 4 atom stereocenters. The second-order valence-corrected chi connectivity index (χ2v) is 8.53. The minimum absolute atomic E-state index is 0.00883. The molecule has 0 spiro atoms. The number of piperazine rings is 1. The predicted molar refractivity (Wildman–Crippen MR) is 113 cm³/mol. The van der Waals surface area contributed by atoms with Gasteiger partial charge >= 0.3 is 0 Å². The van der Waals surface area contributed by atoms with Crippen LogP contribution in [0.1, 0.15) is 24.3 Å². The Morgan fingerprint density at radius 2 is 2.03 bits per heavy atom. The van der Waals surface area contributed by atoms with Crippen molar-refractivity contribution in [1.82, 2.24) is 9.80 Å². The van der Waals surface area contributed by atoms with E-state index in [2.05, 4.69) is 17.3 Å². The molecule has 2 N–H and O–H groups in total. The summed E-state index contributed by atoms with van der Waals surface area (Å²) in [6.07, 6.45) is -0.165. The van der Waals surface area contributed by atoms with Crippen LogP contribution in [0.2, 0.25) is 0 Å². The van der Waals surface area contributed by atoms with Gasteiger partial charge in [-0.15, -0.1) is 0 Å². The summed E-state index contributed by atoms with van der Waals surface area (Å²) in [6.45, 7) is 3.02. The molecule has 0 unspecified atom stereocenters. The van der Waals surface area contributed by atoms with Crippen molar-refractivity contribution >= 4 is 17.5 Å². The van der Waals surface area contributed by atoms with Crippen LogP contribution in [-0.4, -0.2) is 98.6 Å². The number of benzene rings is 1. The van der Waals surface area contributed by atoms with Crippen molar-refractivity contribution in [2.75, 3.05) is 58.9 Å². The number of aliphatic hydroxyl groups is 1. The van der Waals surface area contributed by atoms with E-state index in [4.69, 9.17) is 14.2 Å². The Labute approximate surface area is 182 Å². The van der Waals surface area contributed by atoms with Crippen LogP contribution >= 0.6 is 0 Å². The Balaban J connectivity index is 1.46. The molecule has 4 rings (SSSR count). The van der Waals surface area contributed by atoms with E-state index in [-0.39, 0.29) is 43.2 Å². The molecule has 31 heavy (non-hydrogen) atoms. The monoisotopic (exact) mass is 433 g/mol. The lowest BCUT2D eigenvalue weighted by Gasteiger charge is -2.38. The molecule has 170 valence electrons. The lowest BCUT2D eigenvalue weighted by molar-refractivity contribution is -0.150. The Morgan fingerprint density at radius 1 is 1.26 bits per heavy atom. The summed E-state index contributed by atoms with van der Waals surface area (Å²) in [6, 6.07) is 5.52. The fourth-order valence-corrected chi connectivity index (χ4v) is 4.67. The van der Waals surface area contributed by atoms with Crippen molar-refractivity contribution in [3.63, 3.8) is 0 Å². The number of amides is 2. The maximum absolute atomic E-state index is 12.8. The van der Waals surface area contributed by atoms with Crippen LogP contribution in [0.3, 0.4) is 0 Å². The first kappa shape index (κ1) is 22.0. The van der Waals surface area contributed by atoms with Crippen molar-refractivity contribution < 1.29 is 28.9 Å². The van der Waals surface area contributed by atoms with Crippen molar-refractivity contribution in [2.24, 2.45) is 0 Å². The second kappa shape index (κ2) is 9.52. The molecule has 9 nitrogen and oxygen atoms in total. The van der Waals surface area contributed by atoms with Crippen LogP contribution < -0.4 is 10.1 Å². The van der Waals surface area contributed by atoms with Crippen LogP contribution in [-0.2, 0) is 19.1 Å². The second-order valence-electron chi connectivity index (χ2n) is 8.53. The lowest BCUT2D eigenvalue weighted by Crippen LogP contribution is -2.50. The van der Waals surface area contributed by atoms with Crippen LogP contribution in [0, 0.1) is 0 Å². The highest BCUT2D eigenvalue weighted by Gasteiger charge is 2.46. The highest BCUT2D eigenvalue weighted by atomic mass is 16.6. The number of hydrogen-bond donors (Lipinski definition) is 2. The minimum Gasteiger partial charge on any atom is -0.487 e. The summed E-state index contributed by atoms with van der Waals surface area (Å²) in [7, 11) is 3.53. The third-order valence-electron chi connectivity index (χ3n) is 6.32. The van der Waals surface area contributed by atoms with Gasteiger partial charge in [-0.05, 0) is 31.7 Å². The van der Waals surface area contributed by atoms with Gasteiger partial charge in [0.2, 0.25) is 11.8 Å². The van der Waals surface area contributed by atoms with Crippen molar-refractivity contribution in [2.45, 2.75) is 37.1 Å². The Kier molecular flexibility index (Phi) is 6.76. The molecule has 3 heterocycles. The standard InChI is InChI=1S/C22H31N3O6/c1-24-5-7-25(8-6-24)21(28)11-15-10-17-16-9-14(23-20(27)13-29-2)3-4-18(16)31-22(17)19(12-26)30-15/h3-4,9,15,17,19,22,26H,5-8,10-13H2,1-2H3,(H,23,27)/t15-,17-,19+,22+/m1/s1. The number of aliphatic hydroxyl groups excluding tert-OH is 1. The highest BCUT2D eigenvalue weighted by Crippen LogP contribution is 2.47. The SMILES string of the molecule is COCC(=O)Nc1ccc2c(c1)[C@H]1C[C@H](CC(=O)N3CCN(C)CC3)O[C@@H](CO)[C@H]1O2. The number of hydrogen-bond acceptors (Lipinski definition) is 7. The zero-order valence-corrected chi connectivity index (χ0v) is 18.1. The number of carbonyl (C=O) groups excluding carboxylic acids is 2. The van der Waals surface area contributed by atoms with Crippen molar-refractivity contribution in [3.05, 3.63) is 23.8 Å². The minimum atomic E-state index is -0.497. The van der Waals surface area contributed by atoms with Crippen LogP contribution in [0.5, 0.6) is 5.75 Å². The molecule has 1 aromatic carbocycles. The summed E-state index contributed by atoms with van der Waals surface area (Å²) in [5.41, 5.74) is 1.64. The largest absolute Gasteiger partial charge is 0.487 e. The average Bonchev–Trinajstić information content (AvgIpc) is 3.12. The van der Waals surface area contributed by atoms with E-state index in [1.807, 2.05) is 17.0 Å². The number of likely N-dealkylation sites (N-methyl/N-ethyl adjacent to an activating group) is 1. The van der Waals surface area contributed by atoms with E-state index in [0.717, 1.165) is 37.5 Å². The first-order chi connectivity index (χ1) is 15.0. The number of ether oxygens (including phenoxy) is 3. The van der Waals surface area contributed by atoms with E-state index in [1.165, 1.54) is 7.11 Å². The molecule has 0 aromatic heterocycles. The number of nitrogens with one attached hydrogen (secondary N) is 1. The van der Waals surface area contributed by atoms with Crippen molar-refractivity contribution in [3.8, 4) is 5.75 Å². The number of carbonyl (C=O) groups is 2. The van der Waals surface area contributed by atoms with Gasteiger partial charge in [0.05, 0.1) is 19.1 Å². The zero-order chi connectivity index (χ0) is 22.0. The van der Waals surface area contributed by atoms with Crippen LogP contribution in [0.25, 0.3) is 0 Å². The topological polar surface area (TPSA) is 101 Å². The van der Waals surface area contributed by atoms with Crippen molar-refractivity contribution in [1.29, 1.82) is 0 Å². The van der Waals surface area contributed by atoms with E-state index >= 15 is 0 Å². The molecular formula is C22H31N3O6. The molecule has 2 saturated heterocycles. The zero-order valence-electron chi connectivity index (χ0n) is 18.1. The average molecular weight is 434 g/mol. The number of fused-ring (bicyclic) bond motifs is 3. The van der Waals surface area contributed by atoms with Gasteiger partial charge in [-0.2, -0.15) is 0 Å². The van der Waals surface area contributed by atoms with E-state index in [0.29, 0.717) is 18.5 Å². The maximum Gasteiger partial charge on any atom is 0.250 e. The van der Waals surface area contributed by atoms with E-state index < -0.39 is 6.10 Å². The third-order valence-corrected chi connectivity index (χ3v) is 6.32. The number of anilines is 1. The van der Waals surface area contributed by atoms with Gasteiger partial charge in [0, 0.05) is 50.5 Å². The van der Waals surface area contributed by atoms with Gasteiger partial charge in [-0.3, -0.25) is 9.59 Å². The maximum atomic E-state index is 12.8. The molecule has 2 fully saturated rings. The molecule has 9 heteroatoms. The van der Waals surface area contributed by atoms with E-state index in [1.54, 1.807) is 6.07 Å². The predicted octanol–water partition coefficient (Wildman–Crippen LogP) is 0.430. The van der Waals surface area contributed by atoms with E-state index in [9.17, 15) is 14.7 Å². The molecule has 3 aliphatic heterocycles. The van der Waals surface area contributed by atoms with Gasteiger partial charge in [0.1, 0.15) is 24.6 Å². The molecule has 2 amide bonds. The number of nitrogens with zero attached hydrogens (tertiary/aromatic N) is 2. The summed E-state index contributed by atoms with van der Waals surface area (Å²) in [5.74, 6) is 0.583. The summed E-state index contributed by atoms with van der Waals surface area (Å²) >= 11 is 0. The molecule has 0 radical (unpaired) electrons. The summed E-state index contributed by atoms with van der Waals surface area (Å²) < 4.78 is 17.0. The normalized spacial score (nSPS) is 27.9. The molecule has 0 bridgehead atoms. The van der Waals surface area contributed by atoms with Gasteiger partial charge < -0.3 is 34.4 Å². The number of rotatable bonds is 6. The molecule has 1 aromatic rings. The lowest BCUT2D eigenvalue weighted by atomic mass is 9.84.